The van der Waals surface area contributed by atoms with Crippen molar-refractivity contribution in [2.24, 2.45) is 5.92 Å². The lowest BCUT2D eigenvalue weighted by atomic mass is 10.0. The number of carbonyl (C=O) groups excluding carboxylic acids is 1. The van der Waals surface area contributed by atoms with E-state index in [1.165, 1.54) is 25.5 Å². The second kappa shape index (κ2) is 6.55. The smallest absolute Gasteiger partial charge is 0.373 e. The van der Waals surface area contributed by atoms with Crippen molar-refractivity contribution in [3.05, 3.63) is 58.5 Å². The van der Waals surface area contributed by atoms with Gasteiger partial charge in [0.15, 0.2) is 0 Å². The number of esters is 1. The van der Waals surface area contributed by atoms with Crippen molar-refractivity contribution >= 4 is 17.6 Å². The van der Waals surface area contributed by atoms with Crippen LogP contribution in [0.2, 0.25) is 5.02 Å². The monoisotopic (exact) mass is 319 g/mol. The van der Waals surface area contributed by atoms with E-state index in [9.17, 15) is 4.79 Å². The van der Waals surface area contributed by atoms with E-state index in [-0.39, 0.29) is 11.8 Å². The summed E-state index contributed by atoms with van der Waals surface area (Å²) in [5, 5.41) is 4.26. The zero-order valence-corrected chi connectivity index (χ0v) is 13.1. The van der Waals surface area contributed by atoms with Gasteiger partial charge in [-0.2, -0.15) is 0 Å². The lowest BCUT2D eigenvalue weighted by molar-refractivity contribution is 0.0562. The molecule has 1 atom stereocenters. The minimum Gasteiger partial charge on any atom is -0.463 e. The van der Waals surface area contributed by atoms with E-state index in [4.69, 9.17) is 16.0 Å². The van der Waals surface area contributed by atoms with Crippen molar-refractivity contribution in [2.75, 3.05) is 7.11 Å². The Kier molecular flexibility index (Phi) is 4.50. The molecule has 1 aliphatic rings. The van der Waals surface area contributed by atoms with E-state index in [2.05, 4.69) is 22.2 Å². The minimum atomic E-state index is -0.456. The van der Waals surface area contributed by atoms with Gasteiger partial charge in [-0.25, -0.2) is 4.79 Å². The van der Waals surface area contributed by atoms with Crippen LogP contribution in [0.15, 0.2) is 40.8 Å². The molecule has 1 N–H and O–H groups in total. The molecule has 0 radical (unpaired) electrons. The maximum absolute atomic E-state index is 11.4. The number of benzene rings is 1. The lowest BCUT2D eigenvalue weighted by Crippen LogP contribution is -2.22. The normalized spacial score (nSPS) is 15.5. The third kappa shape index (κ3) is 3.51. The fourth-order valence-corrected chi connectivity index (χ4v) is 2.68. The average Bonchev–Trinajstić information content (AvgIpc) is 3.26. The molecule has 116 valence electrons. The largest absolute Gasteiger partial charge is 0.463 e. The number of carbonyl (C=O) groups is 1. The summed E-state index contributed by atoms with van der Waals surface area (Å²) in [6.07, 6.45) is 2.46. The predicted octanol–water partition coefficient (Wildman–Crippen LogP) is 3.96. The number of hydrogen-bond acceptors (Lipinski definition) is 4. The van der Waals surface area contributed by atoms with Gasteiger partial charge in [0.2, 0.25) is 5.76 Å². The summed E-state index contributed by atoms with van der Waals surface area (Å²) in [6, 6.07) is 11.7. The Morgan fingerprint density at radius 2 is 2.05 bits per heavy atom. The summed E-state index contributed by atoms with van der Waals surface area (Å²) in [5.74, 6) is 1.15. The van der Waals surface area contributed by atoms with Gasteiger partial charge < -0.3 is 14.5 Å². The van der Waals surface area contributed by atoms with Gasteiger partial charge in [-0.3, -0.25) is 0 Å². The van der Waals surface area contributed by atoms with Crippen LogP contribution in [0.1, 0.15) is 40.8 Å². The summed E-state index contributed by atoms with van der Waals surface area (Å²) >= 11 is 5.95. The maximum Gasteiger partial charge on any atom is 0.373 e. The van der Waals surface area contributed by atoms with Crippen molar-refractivity contribution in [2.45, 2.75) is 25.4 Å². The summed E-state index contributed by atoms with van der Waals surface area (Å²) in [5.41, 5.74) is 1.23. The summed E-state index contributed by atoms with van der Waals surface area (Å²) < 4.78 is 10.1. The third-order valence-corrected chi connectivity index (χ3v) is 4.12. The number of methoxy groups -OCH3 is 1. The molecule has 1 fully saturated rings. The molecule has 1 aliphatic carbocycles. The van der Waals surface area contributed by atoms with Crippen LogP contribution in [0.25, 0.3) is 0 Å². The first-order valence-corrected chi connectivity index (χ1v) is 7.71. The van der Waals surface area contributed by atoms with Gasteiger partial charge in [-0.15, -0.1) is 0 Å². The van der Waals surface area contributed by atoms with Crippen LogP contribution in [-0.2, 0) is 11.3 Å². The second-order valence-corrected chi connectivity index (χ2v) is 5.94. The molecule has 2 aromatic rings. The first kappa shape index (κ1) is 15.1. The average molecular weight is 320 g/mol. The van der Waals surface area contributed by atoms with Gasteiger partial charge in [0.1, 0.15) is 5.76 Å². The molecule has 1 heterocycles. The molecule has 4 nitrogen and oxygen atoms in total. The Hall–Kier alpha value is -1.78. The van der Waals surface area contributed by atoms with Crippen molar-refractivity contribution < 1.29 is 13.9 Å². The molecule has 1 aromatic heterocycles. The highest BCUT2D eigenvalue weighted by Crippen LogP contribution is 2.41. The number of hydrogen-bond donors (Lipinski definition) is 1. The molecule has 22 heavy (non-hydrogen) atoms. The van der Waals surface area contributed by atoms with E-state index in [1.54, 1.807) is 12.1 Å². The Morgan fingerprint density at radius 3 is 2.68 bits per heavy atom. The standard InChI is InChI=1S/C17H18ClNO3/c1-21-17(20)15-9-8-14(22-15)10-19-16(11-2-3-11)12-4-6-13(18)7-5-12/h4-9,11,16,19H,2-3,10H2,1H3/t16-/m0/s1. The fraction of sp³-hybridized carbons (Fsp3) is 0.353. The molecule has 0 saturated heterocycles. The van der Waals surface area contributed by atoms with Crippen LogP contribution in [0, 0.1) is 5.92 Å². The van der Waals surface area contributed by atoms with E-state index < -0.39 is 5.97 Å². The third-order valence-electron chi connectivity index (χ3n) is 3.87. The van der Waals surface area contributed by atoms with E-state index in [1.807, 2.05) is 12.1 Å². The molecule has 1 saturated carbocycles. The van der Waals surface area contributed by atoms with E-state index in [0.29, 0.717) is 12.5 Å². The molecule has 1 aromatic carbocycles. The lowest BCUT2D eigenvalue weighted by Gasteiger charge is -2.18. The molecular weight excluding hydrogens is 302 g/mol. The first-order chi connectivity index (χ1) is 10.7. The second-order valence-electron chi connectivity index (χ2n) is 5.51. The molecule has 0 spiro atoms. The Bertz CT molecular complexity index is 646. The van der Waals surface area contributed by atoms with E-state index in [0.717, 1.165) is 10.8 Å². The SMILES string of the molecule is COC(=O)c1ccc(CN[C@H](c2ccc(Cl)cc2)C2CC2)o1. The minimum absolute atomic E-state index is 0.230. The number of rotatable bonds is 6. The molecule has 0 bridgehead atoms. The van der Waals surface area contributed by atoms with Gasteiger partial charge in [0.05, 0.1) is 13.7 Å². The predicted molar refractivity (Wildman–Crippen MR) is 83.8 cm³/mol. The highest BCUT2D eigenvalue weighted by molar-refractivity contribution is 6.30. The van der Waals surface area contributed by atoms with Crippen LogP contribution in [0.5, 0.6) is 0 Å². The molecular formula is C17H18ClNO3. The van der Waals surface area contributed by atoms with Crippen molar-refractivity contribution in [1.82, 2.24) is 5.32 Å². The first-order valence-electron chi connectivity index (χ1n) is 7.33. The highest BCUT2D eigenvalue weighted by atomic mass is 35.5. The number of halogens is 1. The van der Waals surface area contributed by atoms with Crippen molar-refractivity contribution in [3.8, 4) is 0 Å². The van der Waals surface area contributed by atoms with Gasteiger partial charge in [0, 0.05) is 11.1 Å². The Labute approximate surface area is 134 Å². The summed E-state index contributed by atoms with van der Waals surface area (Å²) in [4.78, 5) is 11.4. The highest BCUT2D eigenvalue weighted by Gasteiger charge is 2.32. The van der Waals surface area contributed by atoms with Crippen molar-refractivity contribution in [3.63, 3.8) is 0 Å². The fourth-order valence-electron chi connectivity index (χ4n) is 2.55. The van der Waals surface area contributed by atoms with Gasteiger partial charge >= 0.3 is 5.97 Å². The van der Waals surface area contributed by atoms with Gasteiger partial charge in [-0.1, -0.05) is 23.7 Å². The van der Waals surface area contributed by atoms with Crippen LogP contribution in [-0.4, -0.2) is 13.1 Å². The van der Waals surface area contributed by atoms with Crippen LogP contribution >= 0.6 is 11.6 Å². The quantitative estimate of drug-likeness (QED) is 0.819. The Morgan fingerprint density at radius 1 is 1.32 bits per heavy atom. The van der Waals surface area contributed by atoms with E-state index >= 15 is 0 Å². The summed E-state index contributed by atoms with van der Waals surface area (Å²) in [7, 11) is 1.34. The number of furan rings is 1. The molecule has 0 unspecified atom stereocenters. The Balaban J connectivity index is 1.66. The van der Waals surface area contributed by atoms with Crippen LogP contribution in [0.3, 0.4) is 0 Å². The molecule has 0 aliphatic heterocycles. The molecule has 0 amide bonds. The van der Waals surface area contributed by atoms with Gasteiger partial charge in [0.25, 0.3) is 0 Å². The molecule has 3 rings (SSSR count). The summed E-state index contributed by atoms with van der Waals surface area (Å²) in [6.45, 7) is 0.570. The molecule has 5 heteroatoms. The van der Waals surface area contributed by atoms with Crippen LogP contribution < -0.4 is 5.32 Å². The van der Waals surface area contributed by atoms with Crippen LogP contribution in [0.4, 0.5) is 0 Å². The van der Waals surface area contributed by atoms with Crippen molar-refractivity contribution in [1.29, 1.82) is 0 Å². The number of nitrogens with one attached hydrogen (secondary N) is 1. The zero-order chi connectivity index (χ0) is 15.5. The zero-order valence-electron chi connectivity index (χ0n) is 12.3. The topological polar surface area (TPSA) is 51.5 Å². The van der Waals surface area contributed by atoms with Gasteiger partial charge in [-0.05, 0) is 48.6 Å². The maximum atomic E-state index is 11.4. The number of ether oxygens (including phenoxy) is 1.